The fraction of sp³-hybridized carbons (Fsp3) is 0.222. The molecule has 6 nitrogen and oxygen atoms in total. The lowest BCUT2D eigenvalue weighted by molar-refractivity contribution is 0.415. The van der Waals surface area contributed by atoms with Crippen molar-refractivity contribution in [2.24, 2.45) is 0 Å². The summed E-state index contributed by atoms with van der Waals surface area (Å²) in [7, 11) is 1.67. The van der Waals surface area contributed by atoms with Gasteiger partial charge < -0.3 is 19.5 Å². The van der Waals surface area contributed by atoms with Crippen LogP contribution in [0.2, 0.25) is 0 Å². The molecular weight excluding hydrogens is 442 g/mol. The molecule has 4 aromatic rings. The van der Waals surface area contributed by atoms with Gasteiger partial charge in [0.1, 0.15) is 11.6 Å². The molecule has 0 amide bonds. The number of pyridine rings is 2. The normalized spacial score (nSPS) is 17.6. The molecule has 0 spiro atoms. The monoisotopic (exact) mass is 469 g/mol. The maximum absolute atomic E-state index is 5.87. The Bertz CT molecular complexity index is 1330. The number of ether oxygens (including phenoxy) is 1. The van der Waals surface area contributed by atoms with Crippen molar-refractivity contribution in [3.63, 3.8) is 0 Å². The summed E-state index contributed by atoms with van der Waals surface area (Å²) in [6.45, 7) is 6.35. The second-order valence-corrected chi connectivity index (χ2v) is 8.93. The van der Waals surface area contributed by atoms with Crippen molar-refractivity contribution in [1.82, 2.24) is 19.9 Å². The first-order chi connectivity index (χ1) is 16.5. The molecule has 1 aliphatic rings. The van der Waals surface area contributed by atoms with Crippen LogP contribution in [0.3, 0.4) is 0 Å². The van der Waals surface area contributed by atoms with Crippen LogP contribution < -0.4 is 15.0 Å². The summed E-state index contributed by atoms with van der Waals surface area (Å²) in [5.41, 5.74) is 6.56. The van der Waals surface area contributed by atoms with Gasteiger partial charge in [-0.05, 0) is 98.7 Å². The van der Waals surface area contributed by atoms with E-state index in [2.05, 4.69) is 57.7 Å². The third-order valence-corrected chi connectivity index (χ3v) is 6.68. The Morgan fingerprint density at radius 3 is 2.41 bits per heavy atom. The van der Waals surface area contributed by atoms with Gasteiger partial charge in [0.15, 0.2) is 5.11 Å². The molecule has 1 aromatic carbocycles. The Morgan fingerprint density at radius 2 is 1.74 bits per heavy atom. The topological polar surface area (TPSA) is 55.2 Å². The molecular formula is C27H27N5OS. The minimum Gasteiger partial charge on any atom is -0.497 e. The highest BCUT2D eigenvalue weighted by Gasteiger charge is 2.42. The van der Waals surface area contributed by atoms with E-state index in [1.807, 2.05) is 60.9 Å². The first-order valence-corrected chi connectivity index (χ1v) is 11.7. The maximum atomic E-state index is 5.87. The number of rotatable bonds is 5. The molecule has 1 fully saturated rings. The van der Waals surface area contributed by atoms with Gasteiger partial charge >= 0.3 is 0 Å². The second kappa shape index (κ2) is 8.91. The van der Waals surface area contributed by atoms with E-state index >= 15 is 0 Å². The summed E-state index contributed by atoms with van der Waals surface area (Å²) < 4.78 is 7.58. The van der Waals surface area contributed by atoms with Gasteiger partial charge in [0, 0.05) is 29.5 Å². The van der Waals surface area contributed by atoms with Gasteiger partial charge in [0.05, 0.1) is 24.9 Å². The van der Waals surface area contributed by atoms with E-state index in [9.17, 15) is 0 Å². The Balaban J connectivity index is 1.67. The number of methoxy groups -OCH3 is 1. The average Bonchev–Trinajstić information content (AvgIpc) is 3.34. The molecule has 0 bridgehead atoms. The van der Waals surface area contributed by atoms with E-state index in [1.165, 1.54) is 11.1 Å². The van der Waals surface area contributed by atoms with Gasteiger partial charge in [-0.15, -0.1) is 0 Å². The van der Waals surface area contributed by atoms with E-state index in [0.717, 1.165) is 34.3 Å². The van der Waals surface area contributed by atoms with E-state index in [0.29, 0.717) is 5.11 Å². The number of aromatic nitrogens is 3. The SMILES string of the molecule is COc1ccc(N2C(=S)N[C@H](c3ccccn3)[C@@H]2c2cc(C)n(-c3cc(C)ccn3)c2C)cc1. The minimum atomic E-state index is -0.102. The Morgan fingerprint density at radius 1 is 0.941 bits per heavy atom. The fourth-order valence-electron chi connectivity index (χ4n) is 4.77. The highest BCUT2D eigenvalue weighted by atomic mass is 32.1. The zero-order chi connectivity index (χ0) is 23.8. The lowest BCUT2D eigenvalue weighted by atomic mass is 9.96. The molecule has 3 aromatic heterocycles. The van der Waals surface area contributed by atoms with E-state index in [-0.39, 0.29) is 12.1 Å². The van der Waals surface area contributed by atoms with Crippen molar-refractivity contribution >= 4 is 23.0 Å². The highest BCUT2D eigenvalue weighted by molar-refractivity contribution is 7.80. The number of nitrogens with zero attached hydrogens (tertiary/aromatic N) is 4. The molecule has 7 heteroatoms. The van der Waals surface area contributed by atoms with E-state index < -0.39 is 0 Å². The molecule has 0 aliphatic carbocycles. The average molecular weight is 470 g/mol. The largest absolute Gasteiger partial charge is 0.497 e. The number of benzene rings is 1. The first kappa shape index (κ1) is 22.1. The standard InChI is InChI=1S/C27H27N5OS/c1-17-12-14-29-24(15-17)31-18(2)16-22(19(31)3)26-25(23-7-5-6-13-28-23)30-27(34)32(26)20-8-10-21(33-4)11-9-20/h5-16,25-26H,1-4H3,(H,30,34)/t25-,26+/m1/s1. The van der Waals surface area contributed by atoms with Crippen molar-refractivity contribution in [3.8, 4) is 11.6 Å². The summed E-state index contributed by atoms with van der Waals surface area (Å²) in [4.78, 5) is 11.5. The van der Waals surface area contributed by atoms with Crippen LogP contribution >= 0.6 is 12.2 Å². The van der Waals surface area contributed by atoms with Crippen LogP contribution in [-0.4, -0.2) is 26.8 Å². The predicted molar refractivity (Wildman–Crippen MR) is 139 cm³/mol. The molecule has 1 saturated heterocycles. The number of aryl methyl sites for hydroxylation is 2. The van der Waals surface area contributed by atoms with Gasteiger partial charge in [-0.3, -0.25) is 4.98 Å². The molecule has 2 atom stereocenters. The van der Waals surface area contributed by atoms with Crippen LogP contribution in [0.1, 0.15) is 40.3 Å². The number of nitrogens with one attached hydrogen (secondary N) is 1. The smallest absolute Gasteiger partial charge is 0.174 e. The van der Waals surface area contributed by atoms with E-state index in [4.69, 9.17) is 17.0 Å². The molecule has 1 N–H and O–H groups in total. The Labute approximate surface area is 205 Å². The first-order valence-electron chi connectivity index (χ1n) is 11.2. The number of anilines is 1. The third-order valence-electron chi connectivity index (χ3n) is 6.37. The molecule has 0 radical (unpaired) electrons. The molecule has 0 unspecified atom stereocenters. The van der Waals surface area contributed by atoms with Gasteiger partial charge in [-0.1, -0.05) is 6.07 Å². The molecule has 0 saturated carbocycles. The molecule has 5 rings (SSSR count). The number of thiocarbonyl (C=S) groups is 1. The molecule has 172 valence electrons. The van der Waals surface area contributed by atoms with Gasteiger partial charge in [-0.2, -0.15) is 0 Å². The summed E-state index contributed by atoms with van der Waals surface area (Å²) in [5.74, 6) is 1.73. The van der Waals surface area contributed by atoms with Crippen LogP contribution in [0, 0.1) is 20.8 Å². The lowest BCUT2D eigenvalue weighted by Crippen LogP contribution is -2.29. The second-order valence-electron chi connectivity index (χ2n) is 8.55. The Hall–Kier alpha value is -3.71. The maximum Gasteiger partial charge on any atom is 0.174 e. The number of hydrogen-bond acceptors (Lipinski definition) is 4. The molecule has 4 heterocycles. The van der Waals surface area contributed by atoms with Crippen LogP contribution in [0.15, 0.2) is 73.1 Å². The highest BCUT2D eigenvalue weighted by Crippen LogP contribution is 2.43. The van der Waals surface area contributed by atoms with Crippen LogP contribution in [-0.2, 0) is 0 Å². The summed E-state index contributed by atoms with van der Waals surface area (Å²) >= 11 is 5.87. The third kappa shape index (κ3) is 3.82. The summed E-state index contributed by atoms with van der Waals surface area (Å²) in [5, 5.41) is 4.21. The van der Waals surface area contributed by atoms with Crippen molar-refractivity contribution in [2.45, 2.75) is 32.9 Å². The fourth-order valence-corrected chi connectivity index (χ4v) is 5.12. The van der Waals surface area contributed by atoms with E-state index in [1.54, 1.807) is 7.11 Å². The van der Waals surface area contributed by atoms with Crippen molar-refractivity contribution < 1.29 is 4.74 Å². The summed E-state index contributed by atoms with van der Waals surface area (Å²) in [6.07, 6.45) is 3.68. The van der Waals surface area contributed by atoms with Crippen molar-refractivity contribution in [1.29, 1.82) is 0 Å². The summed E-state index contributed by atoms with van der Waals surface area (Å²) in [6, 6.07) is 20.2. The van der Waals surface area contributed by atoms with Gasteiger partial charge in [0.2, 0.25) is 0 Å². The number of hydrogen-bond donors (Lipinski definition) is 1. The predicted octanol–water partition coefficient (Wildman–Crippen LogP) is 5.38. The van der Waals surface area contributed by atoms with Crippen molar-refractivity contribution in [3.05, 3.63) is 101 Å². The minimum absolute atomic E-state index is 0.0828. The van der Waals surface area contributed by atoms with Crippen molar-refractivity contribution in [2.75, 3.05) is 12.0 Å². The Kier molecular flexibility index (Phi) is 5.79. The van der Waals surface area contributed by atoms with Crippen LogP contribution in [0.5, 0.6) is 5.75 Å². The zero-order valence-electron chi connectivity index (χ0n) is 19.7. The van der Waals surface area contributed by atoms with Crippen LogP contribution in [0.4, 0.5) is 5.69 Å². The molecule has 34 heavy (non-hydrogen) atoms. The van der Waals surface area contributed by atoms with Crippen LogP contribution in [0.25, 0.3) is 5.82 Å². The van der Waals surface area contributed by atoms with Gasteiger partial charge in [-0.25, -0.2) is 4.98 Å². The quantitative estimate of drug-likeness (QED) is 0.396. The lowest BCUT2D eigenvalue weighted by Gasteiger charge is -2.28. The van der Waals surface area contributed by atoms with Gasteiger partial charge in [0.25, 0.3) is 0 Å². The zero-order valence-corrected chi connectivity index (χ0v) is 20.5. The molecule has 1 aliphatic heterocycles.